The van der Waals surface area contributed by atoms with Gasteiger partial charge in [-0.15, -0.1) is 11.6 Å². The summed E-state index contributed by atoms with van der Waals surface area (Å²) < 4.78 is 9.22. The van der Waals surface area contributed by atoms with Gasteiger partial charge in [0.2, 0.25) is 0 Å². The van der Waals surface area contributed by atoms with E-state index in [0.29, 0.717) is 0 Å². The van der Waals surface area contributed by atoms with Gasteiger partial charge in [0.25, 0.3) is 0 Å². The van der Waals surface area contributed by atoms with Crippen LogP contribution in [0.2, 0.25) is 0 Å². The van der Waals surface area contributed by atoms with E-state index < -0.39 is 10.0 Å². The van der Waals surface area contributed by atoms with Crippen LogP contribution >= 0.6 is 11.6 Å². The van der Waals surface area contributed by atoms with Gasteiger partial charge < -0.3 is 8.85 Å². The number of rotatable bonds is 3. The number of hydrogen-bond acceptors (Lipinski definition) is 2. The van der Waals surface area contributed by atoms with Crippen LogP contribution < -0.4 is 0 Å². The summed E-state index contributed by atoms with van der Waals surface area (Å²) in [7, 11) is 2.73. The summed E-state index contributed by atoms with van der Waals surface area (Å²) in [4.78, 5) is 0. The Morgan fingerprint density at radius 1 is 1.33 bits per heavy atom. The second kappa shape index (κ2) is 15.8. The minimum Gasteiger partial charge on any atom is -0.402 e. The van der Waals surface area contributed by atoms with Gasteiger partial charge in [-0.2, -0.15) is 0 Å². The van der Waals surface area contributed by atoms with E-state index in [-0.39, 0.29) is 0 Å². The maximum Gasteiger partial charge on any atom is 0.303 e. The topological polar surface area (TPSA) is 18.5 Å². The lowest BCUT2D eigenvalue weighted by molar-refractivity contribution is 0.309. The second-order valence-corrected chi connectivity index (χ2v) is 3.15. The first kappa shape index (κ1) is 12.1. The third-order valence-corrected chi connectivity index (χ3v) is 1.27. The summed E-state index contributed by atoms with van der Waals surface area (Å²) in [5.41, 5.74) is 0. The van der Waals surface area contributed by atoms with Crippen molar-refractivity contribution in [3.05, 3.63) is 0 Å². The van der Waals surface area contributed by atoms with Gasteiger partial charge in [0, 0.05) is 20.1 Å². The Bertz CT molecular complexity index is 34.1. The van der Waals surface area contributed by atoms with Crippen molar-refractivity contribution in [2.24, 2.45) is 0 Å². The first-order valence-electron chi connectivity index (χ1n) is 2.87. The van der Waals surface area contributed by atoms with Crippen molar-refractivity contribution in [1.82, 2.24) is 0 Å². The molecule has 0 saturated heterocycles. The molecular weight excluding hydrogens is 156 g/mol. The molecular formula is C5H15ClO2Si. The van der Waals surface area contributed by atoms with Crippen LogP contribution in [0.25, 0.3) is 0 Å². The van der Waals surface area contributed by atoms with Gasteiger partial charge in [0.05, 0.1) is 0 Å². The summed E-state index contributed by atoms with van der Waals surface area (Å²) in [5.74, 6) is 0.792. The fraction of sp³-hybridized carbons (Fsp3) is 1.00. The van der Waals surface area contributed by atoms with Crippen LogP contribution in [0.4, 0.5) is 0 Å². The molecule has 9 heavy (non-hydrogen) atoms. The number of hydrogen-bond donors (Lipinski definition) is 0. The molecule has 58 valence electrons. The molecule has 0 heterocycles. The van der Waals surface area contributed by atoms with Crippen LogP contribution in [0.3, 0.4) is 0 Å². The molecule has 4 heteroatoms. The second-order valence-electron chi connectivity index (χ2n) is 1.38. The lowest BCUT2D eigenvalue weighted by Gasteiger charge is -1.86. The molecule has 0 aromatic carbocycles. The molecule has 0 fully saturated rings. The van der Waals surface area contributed by atoms with Crippen LogP contribution in [-0.2, 0) is 8.85 Å². The van der Waals surface area contributed by atoms with E-state index in [1.54, 1.807) is 14.2 Å². The fourth-order valence-corrected chi connectivity index (χ4v) is 0.354. The minimum absolute atomic E-state index is 0.568. The Kier molecular flexibility index (Phi) is 21.3. The standard InChI is InChI=1S/C3H7Cl.C2H8O2Si/c1-2-3-4;1-3-5-4-2/h2-3H2,1H3;5H2,1-2H3. The third kappa shape index (κ3) is 29.6. The summed E-state index contributed by atoms with van der Waals surface area (Å²) >= 11 is 5.19. The van der Waals surface area contributed by atoms with Crippen molar-refractivity contribution in [1.29, 1.82) is 0 Å². The van der Waals surface area contributed by atoms with Gasteiger partial charge in [0.1, 0.15) is 0 Å². The zero-order chi connectivity index (χ0) is 7.54. The van der Waals surface area contributed by atoms with E-state index in [2.05, 4.69) is 8.85 Å². The van der Waals surface area contributed by atoms with Gasteiger partial charge >= 0.3 is 10.0 Å². The van der Waals surface area contributed by atoms with Gasteiger partial charge in [-0.05, 0) is 6.42 Å². The zero-order valence-electron chi connectivity index (χ0n) is 6.32. The Hall–Kier alpha value is 0.427. The molecule has 0 bridgehead atoms. The van der Waals surface area contributed by atoms with E-state index >= 15 is 0 Å². The van der Waals surface area contributed by atoms with Crippen molar-refractivity contribution in [2.75, 3.05) is 20.1 Å². The highest BCUT2D eigenvalue weighted by molar-refractivity contribution is 6.17. The van der Waals surface area contributed by atoms with Crippen molar-refractivity contribution < 1.29 is 8.85 Å². The van der Waals surface area contributed by atoms with Gasteiger partial charge in [-0.1, -0.05) is 6.92 Å². The molecule has 0 aliphatic carbocycles. The molecule has 0 unspecified atom stereocenters. The SMILES string of the molecule is CCCCl.CO[SiH2]OC. The summed E-state index contributed by atoms with van der Waals surface area (Å²) in [6.07, 6.45) is 1.08. The lowest BCUT2D eigenvalue weighted by atomic mass is 10.6. The Morgan fingerprint density at radius 3 is 1.67 bits per heavy atom. The molecule has 0 aliphatic heterocycles. The van der Waals surface area contributed by atoms with Crippen molar-refractivity contribution in [2.45, 2.75) is 13.3 Å². The number of halogens is 1. The van der Waals surface area contributed by atoms with Crippen molar-refractivity contribution >= 4 is 21.6 Å². The van der Waals surface area contributed by atoms with E-state index in [4.69, 9.17) is 11.6 Å². The summed E-state index contributed by atoms with van der Waals surface area (Å²) in [6, 6.07) is 0. The molecule has 0 saturated carbocycles. The molecule has 0 amide bonds. The Labute approximate surface area is 64.6 Å². The minimum atomic E-state index is -0.568. The molecule has 0 rings (SSSR count). The molecule has 0 atom stereocenters. The average molecular weight is 171 g/mol. The van der Waals surface area contributed by atoms with Crippen LogP contribution in [0.5, 0.6) is 0 Å². The van der Waals surface area contributed by atoms with Crippen LogP contribution in [0.1, 0.15) is 13.3 Å². The highest BCUT2D eigenvalue weighted by atomic mass is 35.5. The predicted molar refractivity (Wildman–Crippen MR) is 43.6 cm³/mol. The quantitative estimate of drug-likeness (QED) is 0.463. The smallest absolute Gasteiger partial charge is 0.303 e. The predicted octanol–water partition coefficient (Wildman–Crippen LogP) is 0.913. The fourth-order valence-electron chi connectivity index (χ4n) is 0.118. The van der Waals surface area contributed by atoms with Crippen molar-refractivity contribution in [3.8, 4) is 0 Å². The van der Waals surface area contributed by atoms with Crippen molar-refractivity contribution in [3.63, 3.8) is 0 Å². The van der Waals surface area contributed by atoms with Gasteiger partial charge in [-0.3, -0.25) is 0 Å². The normalized spacial score (nSPS) is 8.00. The van der Waals surface area contributed by atoms with Gasteiger partial charge in [-0.25, -0.2) is 0 Å². The first-order valence-corrected chi connectivity index (χ1v) is 4.56. The van der Waals surface area contributed by atoms with Crippen LogP contribution in [-0.4, -0.2) is 30.1 Å². The highest BCUT2D eigenvalue weighted by Crippen LogP contribution is 1.75. The highest BCUT2D eigenvalue weighted by Gasteiger charge is 1.67. The average Bonchev–Trinajstić information content (AvgIpc) is 1.91. The van der Waals surface area contributed by atoms with E-state index in [1.165, 1.54) is 0 Å². The molecule has 0 aromatic heterocycles. The largest absolute Gasteiger partial charge is 0.402 e. The Morgan fingerprint density at radius 2 is 1.67 bits per heavy atom. The van der Waals surface area contributed by atoms with Crippen LogP contribution in [0.15, 0.2) is 0 Å². The maximum atomic E-state index is 5.19. The third-order valence-electron chi connectivity index (χ3n) is 0.425. The lowest BCUT2D eigenvalue weighted by Crippen LogP contribution is -1.93. The van der Waals surface area contributed by atoms with E-state index in [0.717, 1.165) is 12.3 Å². The monoisotopic (exact) mass is 170 g/mol. The van der Waals surface area contributed by atoms with E-state index in [9.17, 15) is 0 Å². The molecule has 0 radical (unpaired) electrons. The van der Waals surface area contributed by atoms with Gasteiger partial charge in [0.15, 0.2) is 0 Å². The summed E-state index contributed by atoms with van der Waals surface area (Å²) in [6.45, 7) is 2.05. The number of alkyl halides is 1. The van der Waals surface area contributed by atoms with E-state index in [1.807, 2.05) is 6.92 Å². The van der Waals surface area contributed by atoms with Crippen LogP contribution in [0, 0.1) is 0 Å². The molecule has 0 N–H and O–H groups in total. The molecule has 0 spiro atoms. The first-order chi connectivity index (χ1) is 4.33. The maximum absolute atomic E-state index is 5.19. The Balaban J connectivity index is 0. The zero-order valence-corrected chi connectivity index (χ0v) is 8.49. The summed E-state index contributed by atoms with van der Waals surface area (Å²) in [5, 5.41) is 0. The molecule has 2 nitrogen and oxygen atoms in total. The molecule has 0 aliphatic rings. The molecule has 0 aromatic rings.